The summed E-state index contributed by atoms with van der Waals surface area (Å²) in [7, 11) is 0. The van der Waals surface area contributed by atoms with Gasteiger partial charge in [-0.05, 0) is 13.0 Å². The van der Waals surface area contributed by atoms with Crippen molar-refractivity contribution in [1.29, 1.82) is 0 Å². The lowest BCUT2D eigenvalue weighted by Crippen LogP contribution is -2.32. The molecule has 70 valence electrons. The van der Waals surface area contributed by atoms with Gasteiger partial charge in [-0.2, -0.15) is 4.37 Å². The van der Waals surface area contributed by atoms with Crippen molar-refractivity contribution in [2.45, 2.75) is 12.5 Å². The highest BCUT2D eigenvalue weighted by molar-refractivity contribution is 6.99. The molecule has 0 spiro atoms. The molecule has 2 bridgehead atoms. The first kappa shape index (κ1) is 7.70. The average Bonchev–Trinajstić information content (AvgIpc) is 2.77. The Balaban J connectivity index is 1.68. The van der Waals surface area contributed by atoms with Crippen molar-refractivity contribution in [3.63, 3.8) is 0 Å². The molecular weight excluding hydrogens is 186 g/mol. The van der Waals surface area contributed by atoms with Crippen LogP contribution in [0.25, 0.3) is 0 Å². The molecule has 5 heteroatoms. The SMILES string of the molecule is c1nsnc1OC1CN2CCC1C2. The maximum atomic E-state index is 5.74. The summed E-state index contributed by atoms with van der Waals surface area (Å²) >= 11 is 1.20. The van der Waals surface area contributed by atoms with Gasteiger partial charge in [-0.3, -0.25) is 4.90 Å². The van der Waals surface area contributed by atoms with Crippen LogP contribution < -0.4 is 4.74 Å². The zero-order valence-electron chi connectivity index (χ0n) is 7.22. The summed E-state index contributed by atoms with van der Waals surface area (Å²) < 4.78 is 13.7. The second-order valence-corrected chi connectivity index (χ2v) is 4.27. The van der Waals surface area contributed by atoms with Crippen molar-refractivity contribution in [3.05, 3.63) is 6.20 Å². The Labute approximate surface area is 80.8 Å². The van der Waals surface area contributed by atoms with Crippen molar-refractivity contribution < 1.29 is 4.74 Å². The van der Waals surface area contributed by atoms with Gasteiger partial charge in [-0.25, -0.2) is 0 Å². The van der Waals surface area contributed by atoms with Crippen LogP contribution in [0.3, 0.4) is 0 Å². The second-order valence-electron chi connectivity index (χ2n) is 3.71. The van der Waals surface area contributed by atoms with Crippen LogP contribution in [-0.2, 0) is 0 Å². The van der Waals surface area contributed by atoms with Gasteiger partial charge < -0.3 is 4.74 Å². The molecule has 3 rings (SSSR count). The van der Waals surface area contributed by atoms with E-state index in [2.05, 4.69) is 13.6 Å². The molecule has 1 aromatic rings. The lowest BCUT2D eigenvalue weighted by molar-refractivity contribution is 0.137. The maximum absolute atomic E-state index is 5.74. The molecule has 0 aliphatic carbocycles. The van der Waals surface area contributed by atoms with Crippen LogP contribution in [0.1, 0.15) is 6.42 Å². The van der Waals surface area contributed by atoms with Gasteiger partial charge in [0, 0.05) is 19.0 Å². The first-order valence-corrected chi connectivity index (χ1v) is 5.31. The van der Waals surface area contributed by atoms with Gasteiger partial charge in [0.25, 0.3) is 0 Å². The molecule has 2 aliphatic heterocycles. The van der Waals surface area contributed by atoms with E-state index in [1.165, 1.54) is 31.2 Å². The van der Waals surface area contributed by atoms with Crippen molar-refractivity contribution >= 4 is 11.7 Å². The monoisotopic (exact) mass is 197 g/mol. The summed E-state index contributed by atoms with van der Waals surface area (Å²) in [5.74, 6) is 1.42. The zero-order valence-corrected chi connectivity index (χ0v) is 8.04. The number of fused-ring (bicyclic) bond motifs is 2. The molecule has 3 heterocycles. The summed E-state index contributed by atoms with van der Waals surface area (Å²) in [4.78, 5) is 2.45. The van der Waals surface area contributed by atoms with E-state index >= 15 is 0 Å². The van der Waals surface area contributed by atoms with Crippen LogP contribution in [0, 0.1) is 5.92 Å². The van der Waals surface area contributed by atoms with E-state index in [0.29, 0.717) is 12.0 Å². The third-order valence-electron chi connectivity index (χ3n) is 2.89. The standard InChI is InChI=1S/C8H11N3OS/c1-2-11-4-6(1)7(5-11)12-8-3-9-13-10-8/h3,6-7H,1-2,4-5H2. The molecule has 4 nitrogen and oxygen atoms in total. The van der Waals surface area contributed by atoms with Gasteiger partial charge in [-0.1, -0.05) is 0 Å². The summed E-state index contributed by atoms with van der Waals surface area (Å²) in [5.41, 5.74) is 0. The van der Waals surface area contributed by atoms with Crippen LogP contribution in [0.15, 0.2) is 6.20 Å². The van der Waals surface area contributed by atoms with Crippen LogP contribution in [-0.4, -0.2) is 39.4 Å². The Morgan fingerprint density at radius 2 is 2.54 bits per heavy atom. The van der Waals surface area contributed by atoms with Crippen LogP contribution in [0.5, 0.6) is 5.88 Å². The Morgan fingerprint density at radius 3 is 3.15 bits per heavy atom. The number of rotatable bonds is 2. The van der Waals surface area contributed by atoms with Gasteiger partial charge in [-0.15, -0.1) is 4.37 Å². The van der Waals surface area contributed by atoms with Crippen molar-refractivity contribution in [3.8, 4) is 5.88 Å². The number of hydrogen-bond acceptors (Lipinski definition) is 5. The Bertz CT molecular complexity index is 290. The molecule has 1 aromatic heterocycles. The van der Waals surface area contributed by atoms with E-state index in [4.69, 9.17) is 4.74 Å². The van der Waals surface area contributed by atoms with Gasteiger partial charge in [0.2, 0.25) is 5.88 Å². The molecule has 0 radical (unpaired) electrons. The molecule has 3 atom stereocenters. The predicted molar refractivity (Wildman–Crippen MR) is 48.9 cm³/mol. The van der Waals surface area contributed by atoms with E-state index < -0.39 is 0 Å². The van der Waals surface area contributed by atoms with Crippen molar-refractivity contribution in [2.24, 2.45) is 5.92 Å². The Kier molecular flexibility index (Phi) is 1.73. The summed E-state index contributed by atoms with van der Waals surface area (Å²) in [6.45, 7) is 3.53. The highest BCUT2D eigenvalue weighted by Gasteiger charge is 2.39. The van der Waals surface area contributed by atoms with E-state index in [-0.39, 0.29) is 0 Å². The highest BCUT2D eigenvalue weighted by atomic mass is 32.1. The van der Waals surface area contributed by atoms with Gasteiger partial charge in [0.05, 0.1) is 11.7 Å². The minimum atomic E-state index is 0.359. The lowest BCUT2D eigenvalue weighted by atomic mass is 10.0. The zero-order chi connectivity index (χ0) is 8.67. The van der Waals surface area contributed by atoms with E-state index in [9.17, 15) is 0 Å². The number of piperidine rings is 1. The molecule has 13 heavy (non-hydrogen) atoms. The highest BCUT2D eigenvalue weighted by Crippen LogP contribution is 2.30. The van der Waals surface area contributed by atoms with Crippen LogP contribution >= 0.6 is 11.7 Å². The fraction of sp³-hybridized carbons (Fsp3) is 0.750. The normalized spacial score (nSPS) is 36.8. The first-order valence-electron chi connectivity index (χ1n) is 4.58. The quantitative estimate of drug-likeness (QED) is 0.696. The van der Waals surface area contributed by atoms with Gasteiger partial charge >= 0.3 is 0 Å². The summed E-state index contributed by atoms with van der Waals surface area (Å²) in [5, 5.41) is 0. The third-order valence-corrected chi connectivity index (χ3v) is 3.35. The third kappa shape index (κ3) is 1.32. The lowest BCUT2D eigenvalue weighted by Gasteiger charge is -2.21. The minimum absolute atomic E-state index is 0.359. The predicted octanol–water partition coefficient (Wildman–Crippen LogP) is 0.621. The Morgan fingerprint density at radius 1 is 1.54 bits per heavy atom. The van der Waals surface area contributed by atoms with Crippen LogP contribution in [0.2, 0.25) is 0 Å². The molecule has 2 saturated heterocycles. The number of hydrogen-bond donors (Lipinski definition) is 0. The van der Waals surface area contributed by atoms with Crippen LogP contribution in [0.4, 0.5) is 0 Å². The second kappa shape index (κ2) is 2.92. The molecule has 2 fully saturated rings. The van der Waals surface area contributed by atoms with E-state index in [1.807, 2.05) is 0 Å². The fourth-order valence-electron chi connectivity index (χ4n) is 2.23. The largest absolute Gasteiger partial charge is 0.471 e. The van der Waals surface area contributed by atoms with E-state index in [0.717, 1.165) is 12.5 Å². The fourth-order valence-corrected chi connectivity index (χ4v) is 2.59. The topological polar surface area (TPSA) is 38.3 Å². The smallest absolute Gasteiger partial charge is 0.246 e. The molecule has 3 unspecified atom stereocenters. The molecule has 0 N–H and O–H groups in total. The number of ether oxygens (including phenoxy) is 1. The molecule has 0 aromatic carbocycles. The maximum Gasteiger partial charge on any atom is 0.246 e. The van der Waals surface area contributed by atoms with Gasteiger partial charge in [0.15, 0.2) is 0 Å². The average molecular weight is 197 g/mol. The molecule has 2 aliphatic rings. The van der Waals surface area contributed by atoms with Gasteiger partial charge in [0.1, 0.15) is 12.3 Å². The summed E-state index contributed by atoms with van der Waals surface area (Å²) in [6.07, 6.45) is 3.34. The molecule has 0 saturated carbocycles. The van der Waals surface area contributed by atoms with Crippen molar-refractivity contribution in [1.82, 2.24) is 13.6 Å². The van der Waals surface area contributed by atoms with Crippen molar-refractivity contribution in [2.75, 3.05) is 19.6 Å². The number of aromatic nitrogens is 2. The van der Waals surface area contributed by atoms with E-state index in [1.54, 1.807) is 6.20 Å². The molecular formula is C8H11N3OS. The minimum Gasteiger partial charge on any atom is -0.471 e. The Hall–Kier alpha value is -0.680. The summed E-state index contributed by atoms with van der Waals surface area (Å²) in [6, 6.07) is 0. The first-order chi connectivity index (χ1) is 6.42. The number of nitrogens with zero attached hydrogens (tertiary/aromatic N) is 3. The molecule has 0 amide bonds.